The van der Waals surface area contributed by atoms with E-state index in [9.17, 15) is 0 Å². The van der Waals surface area contributed by atoms with Crippen LogP contribution in [0.25, 0.3) is 88.7 Å². The molecule has 0 amide bonds. The summed E-state index contributed by atoms with van der Waals surface area (Å²) in [7, 11) is 0. The second-order valence-electron chi connectivity index (χ2n) is 10.5. The fourth-order valence-corrected chi connectivity index (χ4v) is 12.9. The maximum Gasteiger partial charge on any atom is 0.0455 e. The molecule has 0 nitrogen and oxygen atoms in total. The van der Waals surface area contributed by atoms with Crippen LogP contribution in [0.1, 0.15) is 0 Å². The molecule has 10 aromatic rings. The molecule has 3 aromatic heterocycles. The van der Waals surface area contributed by atoms with Crippen LogP contribution in [-0.2, 0) is 0 Å². The zero-order valence-electron chi connectivity index (χ0n) is 21.8. The summed E-state index contributed by atoms with van der Waals surface area (Å²) in [5.74, 6) is 0. The molecule has 0 unspecified atom stereocenters. The number of hydrogen-bond donors (Lipinski definition) is 0. The monoisotopic (exact) mass is 642 g/mol. The van der Waals surface area contributed by atoms with Gasteiger partial charge < -0.3 is 0 Å². The lowest BCUT2D eigenvalue weighted by molar-refractivity contribution is 1.88. The first-order chi connectivity index (χ1) is 20.7. The summed E-state index contributed by atoms with van der Waals surface area (Å²) in [6, 6.07) is 41.2. The lowest BCUT2D eigenvalue weighted by atomic mass is 9.94. The van der Waals surface area contributed by atoms with Crippen LogP contribution in [0.15, 0.2) is 109 Å². The van der Waals surface area contributed by atoms with Gasteiger partial charge in [0, 0.05) is 56.4 Å². The van der Waals surface area contributed by atoms with Gasteiger partial charge in [0.2, 0.25) is 0 Å². The molecule has 10 rings (SSSR count). The van der Waals surface area contributed by atoms with Crippen molar-refractivity contribution in [3.05, 3.63) is 109 Å². The van der Waals surface area contributed by atoms with Crippen molar-refractivity contribution >= 4 is 157 Å². The van der Waals surface area contributed by atoms with E-state index in [1.54, 1.807) is 0 Å². The molecule has 0 bridgehead atoms. The topological polar surface area (TPSA) is 0 Å². The standard InChI is InChI=1S/C36H18S6/c1-2-8-26-25(7-1)37-31-13-19-20(14-32(31)38-26)22-16-34-36(42-30-12-6-5-11-29(30)40-34)18-24(22)23-17-35-33(15-21(19)23)39-27-9-3-4-10-28(27)41-35/h1-18H. The van der Waals surface area contributed by atoms with E-state index in [1.165, 1.54) is 88.7 Å². The third-order valence-electron chi connectivity index (χ3n) is 7.99. The fraction of sp³-hybridized carbons (Fsp3) is 0. The largest absolute Gasteiger partial charge is 0.133 e. The van der Waals surface area contributed by atoms with Gasteiger partial charge in [-0.15, -0.1) is 68.0 Å². The van der Waals surface area contributed by atoms with Crippen LogP contribution in [0.2, 0.25) is 0 Å². The normalized spacial score (nSPS) is 12.3. The first kappa shape index (κ1) is 24.1. The van der Waals surface area contributed by atoms with Crippen molar-refractivity contribution in [1.29, 1.82) is 0 Å². The van der Waals surface area contributed by atoms with E-state index in [0.29, 0.717) is 0 Å². The molecule has 0 fully saturated rings. The molecule has 0 saturated heterocycles. The summed E-state index contributed by atoms with van der Waals surface area (Å²) in [6.45, 7) is 0. The maximum absolute atomic E-state index is 2.47. The van der Waals surface area contributed by atoms with Crippen LogP contribution in [0.5, 0.6) is 0 Å². The Kier molecular flexibility index (Phi) is 5.21. The second kappa shape index (κ2) is 9.07. The number of hydrogen-bond acceptors (Lipinski definition) is 6. The van der Waals surface area contributed by atoms with Crippen LogP contribution < -0.4 is 0 Å². The molecule has 0 N–H and O–H groups in total. The highest BCUT2D eigenvalue weighted by Crippen LogP contribution is 2.46. The van der Waals surface area contributed by atoms with Crippen molar-refractivity contribution < 1.29 is 0 Å². The molecule has 3 heterocycles. The third kappa shape index (κ3) is 3.60. The summed E-state index contributed by atoms with van der Waals surface area (Å²) >= 11 is 11.4. The molecule has 0 aliphatic heterocycles. The van der Waals surface area contributed by atoms with E-state index < -0.39 is 0 Å². The summed E-state index contributed by atoms with van der Waals surface area (Å²) in [4.78, 5) is 0. The Morgan fingerprint density at radius 3 is 0.548 bits per heavy atom. The van der Waals surface area contributed by atoms with Crippen molar-refractivity contribution in [2.45, 2.75) is 0 Å². The fourth-order valence-electron chi connectivity index (χ4n) is 6.06. The first-order valence-electron chi connectivity index (χ1n) is 13.6. The Hall–Kier alpha value is -3.36. The average Bonchev–Trinajstić information content (AvgIpc) is 3.03. The summed E-state index contributed by atoms with van der Waals surface area (Å²) in [5, 5.41) is 8.11. The van der Waals surface area contributed by atoms with Crippen LogP contribution >= 0.6 is 68.0 Å². The van der Waals surface area contributed by atoms with Gasteiger partial charge in [0.1, 0.15) is 0 Å². The molecule has 0 aliphatic rings. The minimum Gasteiger partial charge on any atom is -0.133 e. The van der Waals surface area contributed by atoms with Crippen molar-refractivity contribution in [1.82, 2.24) is 0 Å². The molecule has 42 heavy (non-hydrogen) atoms. The van der Waals surface area contributed by atoms with Crippen molar-refractivity contribution in [3.8, 4) is 0 Å². The van der Waals surface area contributed by atoms with Crippen LogP contribution in [-0.4, -0.2) is 0 Å². The Labute approximate surface area is 263 Å². The third-order valence-corrected chi connectivity index (χ3v) is 15.6. The van der Waals surface area contributed by atoms with Crippen LogP contribution in [0, 0.1) is 0 Å². The van der Waals surface area contributed by atoms with Gasteiger partial charge in [-0.05, 0) is 105 Å². The van der Waals surface area contributed by atoms with E-state index in [1.807, 2.05) is 68.0 Å². The van der Waals surface area contributed by atoms with Gasteiger partial charge in [-0.3, -0.25) is 0 Å². The predicted molar refractivity (Wildman–Crippen MR) is 198 cm³/mol. The lowest BCUT2D eigenvalue weighted by Crippen LogP contribution is -1.85. The van der Waals surface area contributed by atoms with E-state index in [-0.39, 0.29) is 0 Å². The van der Waals surface area contributed by atoms with Crippen molar-refractivity contribution in [2.75, 3.05) is 0 Å². The molecular formula is C36H18S6. The maximum atomic E-state index is 2.47. The second-order valence-corrected chi connectivity index (χ2v) is 17.0. The Balaban J connectivity index is 1.43. The summed E-state index contributed by atoms with van der Waals surface area (Å²) < 4.78 is 16.2. The van der Waals surface area contributed by atoms with Gasteiger partial charge in [-0.25, -0.2) is 0 Å². The molecule has 0 aliphatic carbocycles. The van der Waals surface area contributed by atoms with Gasteiger partial charge in [-0.2, -0.15) is 0 Å². The van der Waals surface area contributed by atoms with Gasteiger partial charge in [0.15, 0.2) is 0 Å². The minimum absolute atomic E-state index is 1.35. The summed E-state index contributed by atoms with van der Waals surface area (Å²) in [5.41, 5.74) is 0. The highest BCUT2D eigenvalue weighted by molar-refractivity contribution is 7.37. The molecule has 0 spiro atoms. The van der Waals surface area contributed by atoms with E-state index in [2.05, 4.69) is 109 Å². The zero-order chi connectivity index (χ0) is 27.4. The van der Waals surface area contributed by atoms with Crippen molar-refractivity contribution in [3.63, 3.8) is 0 Å². The molecule has 6 heteroatoms. The highest BCUT2D eigenvalue weighted by Gasteiger charge is 2.15. The Morgan fingerprint density at radius 2 is 0.381 bits per heavy atom. The quantitative estimate of drug-likeness (QED) is 0.114. The first-order valence-corrected chi connectivity index (χ1v) is 18.5. The number of benzene rings is 7. The van der Waals surface area contributed by atoms with Gasteiger partial charge in [0.05, 0.1) is 0 Å². The Bertz CT molecular complexity index is 2280. The van der Waals surface area contributed by atoms with Gasteiger partial charge in [0.25, 0.3) is 0 Å². The van der Waals surface area contributed by atoms with E-state index in [0.717, 1.165) is 0 Å². The Morgan fingerprint density at radius 1 is 0.214 bits per heavy atom. The number of rotatable bonds is 0. The molecule has 7 aromatic carbocycles. The predicted octanol–water partition coefficient (Wildman–Crippen LogP) is 14.1. The van der Waals surface area contributed by atoms with Crippen LogP contribution in [0.3, 0.4) is 0 Å². The lowest BCUT2D eigenvalue weighted by Gasteiger charge is -2.14. The van der Waals surface area contributed by atoms with Gasteiger partial charge in [-0.1, -0.05) is 36.4 Å². The van der Waals surface area contributed by atoms with Crippen molar-refractivity contribution in [2.24, 2.45) is 0 Å². The zero-order valence-corrected chi connectivity index (χ0v) is 26.7. The minimum atomic E-state index is 1.35. The van der Waals surface area contributed by atoms with Gasteiger partial charge >= 0.3 is 0 Å². The average molecular weight is 643 g/mol. The molecule has 0 radical (unpaired) electrons. The SMILES string of the molecule is c1ccc2sc3cc4c(cc3sc2c1)c1cc2sc3ccccc3sc2cc1c1cc2sc3ccccc3sc2cc41. The molecular weight excluding hydrogens is 625 g/mol. The molecule has 198 valence electrons. The van der Waals surface area contributed by atoms with Crippen LogP contribution in [0.4, 0.5) is 0 Å². The molecule has 0 atom stereocenters. The molecule has 0 saturated carbocycles. The number of fused-ring (bicyclic) bond motifs is 12. The highest BCUT2D eigenvalue weighted by atomic mass is 32.1. The van der Waals surface area contributed by atoms with E-state index >= 15 is 0 Å². The van der Waals surface area contributed by atoms with E-state index in [4.69, 9.17) is 0 Å². The summed E-state index contributed by atoms with van der Waals surface area (Å²) in [6.07, 6.45) is 0. The smallest absolute Gasteiger partial charge is 0.0455 e.